The number of allylic oxidation sites excluding steroid dienone is 1. The van der Waals surface area contributed by atoms with Crippen LogP contribution in [0.2, 0.25) is 0 Å². The summed E-state index contributed by atoms with van der Waals surface area (Å²) in [7, 11) is 0. The van der Waals surface area contributed by atoms with Crippen molar-refractivity contribution in [2.24, 2.45) is 29.1 Å². The van der Waals surface area contributed by atoms with Crippen LogP contribution in [0.1, 0.15) is 73.1 Å². The van der Waals surface area contributed by atoms with Crippen LogP contribution >= 0.6 is 0 Å². The van der Waals surface area contributed by atoms with Gasteiger partial charge in [-0.1, -0.05) is 13.8 Å². The highest BCUT2D eigenvalue weighted by Gasteiger charge is 2.62. The first-order valence-corrected chi connectivity index (χ1v) is 10.9. The second-order valence-electron chi connectivity index (χ2n) is 9.97. The Morgan fingerprint density at radius 1 is 1.00 bits per heavy atom. The van der Waals surface area contributed by atoms with Crippen molar-refractivity contribution in [3.63, 3.8) is 0 Å². The van der Waals surface area contributed by atoms with Crippen LogP contribution in [-0.4, -0.2) is 29.7 Å². The summed E-state index contributed by atoms with van der Waals surface area (Å²) in [5.41, 5.74) is -0.160. The molecule has 156 valence electrons. The van der Waals surface area contributed by atoms with E-state index in [0.29, 0.717) is 17.8 Å². The van der Waals surface area contributed by atoms with Crippen LogP contribution in [0, 0.1) is 29.1 Å². The Morgan fingerprint density at radius 2 is 1.71 bits per heavy atom. The lowest BCUT2D eigenvalue weighted by Gasteiger charge is -2.58. The molecule has 4 rings (SSSR count). The van der Waals surface area contributed by atoms with Gasteiger partial charge in [0.15, 0.2) is 0 Å². The van der Waals surface area contributed by atoms with Crippen molar-refractivity contribution in [3.8, 4) is 0 Å². The average molecular weight is 391 g/mol. The van der Waals surface area contributed by atoms with E-state index in [1.807, 2.05) is 0 Å². The third kappa shape index (κ3) is 3.05. The van der Waals surface area contributed by atoms with Gasteiger partial charge in [0.1, 0.15) is 17.8 Å². The number of rotatable bonds is 2. The zero-order valence-electron chi connectivity index (χ0n) is 17.8. The van der Waals surface area contributed by atoms with Crippen molar-refractivity contribution in [3.05, 3.63) is 11.8 Å². The quantitative estimate of drug-likeness (QED) is 0.654. The smallest absolute Gasteiger partial charge is 0.303 e. The van der Waals surface area contributed by atoms with E-state index >= 15 is 0 Å². The van der Waals surface area contributed by atoms with E-state index in [0.717, 1.165) is 44.3 Å². The molecule has 1 saturated heterocycles. The summed E-state index contributed by atoms with van der Waals surface area (Å²) in [5.74, 6) is 2.41. The largest absolute Gasteiger partial charge is 0.492 e. The molecule has 0 N–H and O–H groups in total. The molecule has 4 aliphatic rings. The third-order valence-electron chi connectivity index (χ3n) is 8.31. The first-order valence-electron chi connectivity index (χ1n) is 10.9. The van der Waals surface area contributed by atoms with Crippen LogP contribution in [0.3, 0.4) is 0 Å². The number of hydrogen-bond donors (Lipinski definition) is 0. The van der Waals surface area contributed by atoms with Crippen LogP contribution in [0.5, 0.6) is 0 Å². The van der Waals surface area contributed by atoms with E-state index in [2.05, 4.69) is 26.8 Å². The van der Waals surface area contributed by atoms with Gasteiger partial charge in [-0.3, -0.25) is 9.59 Å². The van der Waals surface area contributed by atoms with E-state index in [9.17, 15) is 9.59 Å². The molecule has 0 amide bonds. The maximum Gasteiger partial charge on any atom is 0.303 e. The Bertz CT molecular complexity index is 699. The molecule has 0 unspecified atom stereocenters. The first kappa shape index (κ1) is 19.8. The van der Waals surface area contributed by atoms with Crippen LogP contribution in [0.4, 0.5) is 0 Å². The van der Waals surface area contributed by atoms with E-state index in [1.54, 1.807) is 0 Å². The van der Waals surface area contributed by atoms with Crippen molar-refractivity contribution >= 4 is 11.9 Å². The molecule has 8 atom stereocenters. The van der Waals surface area contributed by atoms with E-state index in [1.165, 1.54) is 13.8 Å². The summed E-state index contributed by atoms with van der Waals surface area (Å²) >= 11 is 0. The van der Waals surface area contributed by atoms with Gasteiger partial charge < -0.3 is 14.2 Å². The highest BCUT2D eigenvalue weighted by atomic mass is 16.6. The van der Waals surface area contributed by atoms with Gasteiger partial charge in [0.25, 0.3) is 0 Å². The number of carbonyl (C=O) groups is 2. The fourth-order valence-electron chi connectivity index (χ4n) is 7.00. The molecular weight excluding hydrogens is 356 g/mol. The highest BCUT2D eigenvalue weighted by Crippen LogP contribution is 2.64. The van der Waals surface area contributed by atoms with Crippen molar-refractivity contribution in [1.82, 2.24) is 0 Å². The summed E-state index contributed by atoms with van der Waals surface area (Å²) in [4.78, 5) is 23.2. The maximum atomic E-state index is 11.7. The molecule has 0 aromatic rings. The van der Waals surface area contributed by atoms with Crippen molar-refractivity contribution in [1.29, 1.82) is 0 Å². The first-order chi connectivity index (χ1) is 13.1. The predicted octanol–water partition coefficient (Wildman–Crippen LogP) is 4.40. The standard InChI is InChI=1S/C23H34O5/c1-13-19-12-16(26-14(2)24)8-11-23(5,28-19)18-9-10-22(4)17(21(13)18)6-7-20(22)27-15(3)25/h12-13,16-18,20-21H,6-11H2,1-5H3/t13-,16-,17-,18-,20-,21+,22+,23-/m0/s1. The molecule has 2 aliphatic heterocycles. The second kappa shape index (κ2) is 6.77. The molecule has 5 heteroatoms. The molecule has 2 aliphatic carbocycles. The van der Waals surface area contributed by atoms with Crippen LogP contribution in [-0.2, 0) is 23.8 Å². The monoisotopic (exact) mass is 390 g/mol. The molecule has 0 aromatic heterocycles. The fraction of sp³-hybridized carbons (Fsp3) is 0.826. The Hall–Kier alpha value is -1.52. The molecule has 2 heterocycles. The molecule has 0 aromatic carbocycles. The topological polar surface area (TPSA) is 61.8 Å². The van der Waals surface area contributed by atoms with Gasteiger partial charge in [-0.25, -0.2) is 0 Å². The molecular formula is C23H34O5. The molecule has 5 nitrogen and oxygen atoms in total. The van der Waals surface area contributed by atoms with Crippen LogP contribution in [0.15, 0.2) is 11.8 Å². The summed E-state index contributed by atoms with van der Waals surface area (Å²) in [6.07, 6.45) is 7.85. The van der Waals surface area contributed by atoms with Crippen molar-refractivity contribution in [2.75, 3.05) is 0 Å². The van der Waals surface area contributed by atoms with Crippen molar-refractivity contribution < 1.29 is 23.8 Å². The minimum atomic E-state index is -0.235. The average Bonchev–Trinajstić information content (AvgIpc) is 2.83. The number of carbonyl (C=O) groups excluding carboxylic acids is 2. The molecule has 2 saturated carbocycles. The lowest BCUT2D eigenvalue weighted by atomic mass is 9.52. The molecule has 0 spiro atoms. The summed E-state index contributed by atoms with van der Waals surface area (Å²) < 4.78 is 17.9. The lowest BCUT2D eigenvalue weighted by Crippen LogP contribution is -2.56. The van der Waals surface area contributed by atoms with Crippen molar-refractivity contribution in [2.45, 2.75) is 91.0 Å². The zero-order chi connectivity index (χ0) is 20.3. The summed E-state index contributed by atoms with van der Waals surface area (Å²) in [6.45, 7) is 9.85. The van der Waals surface area contributed by atoms with Crippen LogP contribution in [0.25, 0.3) is 0 Å². The fourth-order valence-corrected chi connectivity index (χ4v) is 7.00. The van der Waals surface area contributed by atoms with Gasteiger partial charge >= 0.3 is 11.9 Å². The van der Waals surface area contributed by atoms with E-state index < -0.39 is 0 Å². The van der Waals surface area contributed by atoms with Gasteiger partial charge in [-0.15, -0.1) is 0 Å². The molecule has 28 heavy (non-hydrogen) atoms. The Balaban J connectivity index is 1.66. The number of fused-ring (bicyclic) bond motifs is 6. The van der Waals surface area contributed by atoms with E-state index in [4.69, 9.17) is 14.2 Å². The Morgan fingerprint density at radius 3 is 2.39 bits per heavy atom. The Kier molecular flexibility index (Phi) is 4.79. The molecule has 2 bridgehead atoms. The third-order valence-corrected chi connectivity index (χ3v) is 8.31. The van der Waals surface area contributed by atoms with Crippen LogP contribution < -0.4 is 0 Å². The molecule has 3 fully saturated rings. The van der Waals surface area contributed by atoms with Gasteiger partial charge in [-0.05, 0) is 63.4 Å². The van der Waals surface area contributed by atoms with Gasteiger partial charge in [0.05, 0.1) is 5.76 Å². The predicted molar refractivity (Wildman–Crippen MR) is 104 cm³/mol. The van der Waals surface area contributed by atoms with Gasteiger partial charge in [0.2, 0.25) is 0 Å². The highest BCUT2D eigenvalue weighted by molar-refractivity contribution is 5.66. The second-order valence-corrected chi connectivity index (χ2v) is 9.97. The summed E-state index contributed by atoms with van der Waals surface area (Å²) in [6, 6.07) is 0. The minimum absolute atomic E-state index is 0.0311. The maximum absolute atomic E-state index is 11.7. The van der Waals surface area contributed by atoms with Gasteiger partial charge in [0, 0.05) is 31.1 Å². The normalized spacial score (nSPS) is 47.0. The van der Waals surface area contributed by atoms with Gasteiger partial charge in [-0.2, -0.15) is 0 Å². The Labute approximate surface area is 168 Å². The summed E-state index contributed by atoms with van der Waals surface area (Å²) in [5, 5.41) is 0. The SMILES string of the molecule is CC(=O)O[C@@H]1C=C2O[C@@](C)(CC1)[C@H]1CC[C@@]3(C)[C@@H](OC(C)=O)CC[C@H]3[C@H]1[C@H]2C. The minimum Gasteiger partial charge on any atom is -0.492 e. The zero-order valence-corrected chi connectivity index (χ0v) is 17.8. The number of ether oxygens (including phenoxy) is 3. The number of hydrogen-bond acceptors (Lipinski definition) is 5. The lowest BCUT2D eigenvalue weighted by molar-refractivity contribution is -0.178. The molecule has 0 radical (unpaired) electrons. The number of esters is 2. The van der Waals surface area contributed by atoms with E-state index in [-0.39, 0.29) is 41.1 Å².